The zero-order valence-corrected chi connectivity index (χ0v) is 13.3. The summed E-state index contributed by atoms with van der Waals surface area (Å²) >= 11 is 1.51. The smallest absolute Gasteiger partial charge is 0.167 e. The lowest BCUT2D eigenvalue weighted by molar-refractivity contribution is 0.447. The Kier molecular flexibility index (Phi) is 3.59. The molecule has 0 aliphatic rings. The fourth-order valence-corrected chi connectivity index (χ4v) is 3.39. The summed E-state index contributed by atoms with van der Waals surface area (Å²) in [6.45, 7) is 0. The number of anilines is 1. The van der Waals surface area contributed by atoms with Gasteiger partial charge < -0.3 is 10.5 Å². The molecule has 118 valence electrons. The Morgan fingerprint density at radius 3 is 2.67 bits per heavy atom. The van der Waals surface area contributed by atoms with Crippen molar-refractivity contribution in [3.8, 4) is 22.1 Å². The molecule has 4 nitrogen and oxygen atoms in total. The lowest BCUT2D eigenvalue weighted by Gasteiger charge is -2.07. The monoisotopic (exact) mass is 337 g/mol. The van der Waals surface area contributed by atoms with Crippen molar-refractivity contribution in [2.75, 3.05) is 5.73 Å². The van der Waals surface area contributed by atoms with E-state index in [1.165, 1.54) is 23.5 Å². The van der Waals surface area contributed by atoms with E-state index in [0.717, 1.165) is 20.8 Å². The van der Waals surface area contributed by atoms with Gasteiger partial charge in [0.1, 0.15) is 5.75 Å². The molecule has 0 aliphatic carbocycles. The van der Waals surface area contributed by atoms with E-state index in [9.17, 15) is 4.39 Å². The first-order valence-electron chi connectivity index (χ1n) is 7.23. The second-order valence-corrected chi connectivity index (χ2v) is 6.19. The van der Waals surface area contributed by atoms with Crippen LogP contribution in [-0.2, 0) is 0 Å². The van der Waals surface area contributed by atoms with E-state index in [-0.39, 0.29) is 5.75 Å². The minimum absolute atomic E-state index is 0.129. The maximum absolute atomic E-state index is 14.0. The van der Waals surface area contributed by atoms with Crippen molar-refractivity contribution in [1.82, 2.24) is 9.97 Å². The lowest BCUT2D eigenvalue weighted by Crippen LogP contribution is -1.91. The molecule has 1 aromatic carbocycles. The first-order chi connectivity index (χ1) is 11.7. The van der Waals surface area contributed by atoms with Gasteiger partial charge >= 0.3 is 0 Å². The fourth-order valence-electron chi connectivity index (χ4n) is 2.35. The van der Waals surface area contributed by atoms with Gasteiger partial charge in [-0.05, 0) is 30.3 Å². The van der Waals surface area contributed by atoms with E-state index >= 15 is 0 Å². The third-order valence-electron chi connectivity index (χ3n) is 3.47. The van der Waals surface area contributed by atoms with Crippen molar-refractivity contribution in [1.29, 1.82) is 0 Å². The molecule has 0 spiro atoms. The average molecular weight is 337 g/mol. The highest BCUT2D eigenvalue weighted by atomic mass is 32.1. The molecule has 3 heterocycles. The zero-order valence-electron chi connectivity index (χ0n) is 12.4. The number of benzene rings is 1. The molecule has 2 N–H and O–H groups in total. The van der Waals surface area contributed by atoms with Gasteiger partial charge in [0.05, 0.1) is 20.8 Å². The van der Waals surface area contributed by atoms with Crippen molar-refractivity contribution < 1.29 is 9.13 Å². The number of halogens is 1. The molecule has 0 aliphatic heterocycles. The Labute approximate surface area is 141 Å². The van der Waals surface area contributed by atoms with Gasteiger partial charge in [0.25, 0.3) is 0 Å². The predicted molar refractivity (Wildman–Crippen MR) is 93.7 cm³/mol. The number of nitrogen functional groups attached to an aromatic ring is 1. The minimum atomic E-state index is -0.499. The molecule has 4 rings (SSSR count). The number of aromatic nitrogens is 2. The van der Waals surface area contributed by atoms with Gasteiger partial charge in [-0.1, -0.05) is 6.07 Å². The summed E-state index contributed by atoms with van der Waals surface area (Å²) in [4.78, 5) is 9.68. The molecule has 0 atom stereocenters. The Morgan fingerprint density at radius 1 is 0.958 bits per heavy atom. The number of thiophene rings is 1. The molecular weight excluding hydrogens is 325 g/mol. The maximum atomic E-state index is 14.0. The van der Waals surface area contributed by atoms with Gasteiger partial charge in [-0.2, -0.15) is 0 Å². The number of nitrogens with two attached hydrogens (primary N) is 1. The third-order valence-corrected chi connectivity index (χ3v) is 4.63. The number of nitrogens with zero attached hydrogens (tertiary/aromatic N) is 2. The second-order valence-electron chi connectivity index (χ2n) is 5.14. The molecule has 6 heteroatoms. The minimum Gasteiger partial charge on any atom is -0.453 e. The normalized spacial score (nSPS) is 10.9. The van der Waals surface area contributed by atoms with Gasteiger partial charge in [-0.25, -0.2) is 4.39 Å². The van der Waals surface area contributed by atoms with Crippen LogP contribution >= 0.6 is 11.3 Å². The van der Waals surface area contributed by atoms with E-state index in [1.807, 2.05) is 24.3 Å². The van der Waals surface area contributed by atoms with Crippen molar-refractivity contribution in [2.24, 2.45) is 0 Å². The summed E-state index contributed by atoms with van der Waals surface area (Å²) in [7, 11) is 0. The van der Waals surface area contributed by atoms with Crippen LogP contribution in [0.15, 0.2) is 60.9 Å². The largest absolute Gasteiger partial charge is 0.453 e. The van der Waals surface area contributed by atoms with Crippen LogP contribution in [-0.4, -0.2) is 9.97 Å². The molecule has 24 heavy (non-hydrogen) atoms. The second kappa shape index (κ2) is 5.90. The van der Waals surface area contributed by atoms with Crippen LogP contribution in [0.4, 0.5) is 10.1 Å². The van der Waals surface area contributed by atoms with Crippen molar-refractivity contribution in [2.45, 2.75) is 0 Å². The molecule has 0 unspecified atom stereocenters. The van der Waals surface area contributed by atoms with Crippen LogP contribution in [0.5, 0.6) is 11.5 Å². The van der Waals surface area contributed by atoms with Crippen LogP contribution in [0.3, 0.4) is 0 Å². The summed E-state index contributed by atoms with van der Waals surface area (Å²) in [6, 6.07) is 13.8. The van der Waals surface area contributed by atoms with Gasteiger partial charge in [-0.3, -0.25) is 9.97 Å². The molecule has 0 saturated heterocycles. The molecule has 0 bridgehead atoms. The summed E-state index contributed by atoms with van der Waals surface area (Å²) in [5.74, 6) is 0.182. The Balaban J connectivity index is 1.77. The van der Waals surface area contributed by atoms with Crippen LogP contribution in [0.1, 0.15) is 0 Å². The summed E-state index contributed by atoms with van der Waals surface area (Å²) in [5.41, 5.74) is 7.58. The quantitative estimate of drug-likeness (QED) is 0.542. The molecular formula is C18H12FN3OS. The molecule has 0 amide bonds. The van der Waals surface area contributed by atoms with E-state index in [2.05, 4.69) is 9.97 Å². The Bertz CT molecular complexity index is 1020. The van der Waals surface area contributed by atoms with Crippen LogP contribution < -0.4 is 10.5 Å². The Morgan fingerprint density at radius 2 is 1.88 bits per heavy atom. The van der Waals surface area contributed by atoms with Crippen LogP contribution in [0.2, 0.25) is 0 Å². The number of ether oxygens (including phenoxy) is 1. The maximum Gasteiger partial charge on any atom is 0.167 e. The summed E-state index contributed by atoms with van der Waals surface area (Å²) in [6.07, 6.45) is 3.39. The topological polar surface area (TPSA) is 61.0 Å². The van der Waals surface area contributed by atoms with Gasteiger partial charge in [-0.15, -0.1) is 11.3 Å². The van der Waals surface area contributed by atoms with Gasteiger partial charge in [0.15, 0.2) is 11.6 Å². The summed E-state index contributed by atoms with van der Waals surface area (Å²) in [5, 5.41) is 0. The highest BCUT2D eigenvalue weighted by Crippen LogP contribution is 2.39. The van der Waals surface area contributed by atoms with Gasteiger partial charge in [0.2, 0.25) is 0 Å². The van der Waals surface area contributed by atoms with Crippen LogP contribution in [0.25, 0.3) is 20.8 Å². The first-order valence-corrected chi connectivity index (χ1v) is 8.05. The Hall–Kier alpha value is -2.99. The third kappa shape index (κ3) is 2.68. The molecule has 0 fully saturated rings. The predicted octanol–water partition coefficient (Wildman–Crippen LogP) is 4.87. The van der Waals surface area contributed by atoms with Crippen molar-refractivity contribution >= 4 is 27.2 Å². The van der Waals surface area contributed by atoms with Gasteiger partial charge in [0, 0.05) is 30.2 Å². The standard InChI is InChI=1S/C18H12FN3OS/c19-12-9-11(20)4-5-15(12)23-16-6-8-22-14-10-17(24-18(14)16)13-3-1-2-7-21-13/h1-10H,20H2. The SMILES string of the molecule is Nc1ccc(Oc2ccnc3cc(-c4ccccn4)sc23)c(F)c1. The molecule has 0 radical (unpaired) electrons. The number of fused-ring (bicyclic) bond motifs is 1. The highest BCUT2D eigenvalue weighted by molar-refractivity contribution is 7.22. The number of hydrogen-bond acceptors (Lipinski definition) is 5. The van der Waals surface area contributed by atoms with Crippen molar-refractivity contribution in [3.63, 3.8) is 0 Å². The average Bonchev–Trinajstić information content (AvgIpc) is 3.03. The van der Waals surface area contributed by atoms with Crippen LogP contribution in [0, 0.1) is 5.82 Å². The molecule has 4 aromatic rings. The van der Waals surface area contributed by atoms with Crippen molar-refractivity contribution in [3.05, 3.63) is 66.7 Å². The van der Waals surface area contributed by atoms with E-state index in [0.29, 0.717) is 11.4 Å². The van der Waals surface area contributed by atoms with E-state index in [1.54, 1.807) is 24.5 Å². The fraction of sp³-hybridized carbons (Fsp3) is 0. The molecule has 3 aromatic heterocycles. The zero-order chi connectivity index (χ0) is 16.5. The van der Waals surface area contributed by atoms with E-state index in [4.69, 9.17) is 10.5 Å². The highest BCUT2D eigenvalue weighted by Gasteiger charge is 2.13. The number of hydrogen-bond donors (Lipinski definition) is 1. The molecule has 0 saturated carbocycles. The summed E-state index contributed by atoms with van der Waals surface area (Å²) < 4.78 is 20.6. The lowest BCUT2D eigenvalue weighted by atomic mass is 10.3. The van der Waals surface area contributed by atoms with E-state index < -0.39 is 5.82 Å². The number of rotatable bonds is 3. The first kappa shape index (κ1) is 14.6. The number of pyridine rings is 2.